The fourth-order valence-electron chi connectivity index (χ4n) is 3.24. The zero-order chi connectivity index (χ0) is 17.6. The summed E-state index contributed by atoms with van der Waals surface area (Å²) in [6.07, 6.45) is 0. The first kappa shape index (κ1) is 15.9. The Balaban J connectivity index is 1.79. The molecule has 0 bridgehead atoms. The van der Waals surface area contributed by atoms with E-state index >= 15 is 0 Å². The maximum atomic E-state index is 10.6. The van der Waals surface area contributed by atoms with Crippen molar-refractivity contribution in [1.82, 2.24) is 9.55 Å². The Morgan fingerprint density at radius 3 is 2.60 bits per heavy atom. The molecule has 4 rings (SSSR count). The average molecular weight is 397 g/mol. The lowest BCUT2D eigenvalue weighted by atomic mass is 10.2. The number of amidine groups is 1. The maximum Gasteiger partial charge on any atom is 0.148 e. The lowest BCUT2D eigenvalue weighted by molar-refractivity contribution is 0.411. The highest BCUT2D eigenvalue weighted by atomic mass is 79.9. The van der Waals surface area contributed by atoms with Crippen LogP contribution in [0.4, 0.5) is 5.69 Å². The number of hydrogen-bond donors (Lipinski definition) is 2. The molecule has 0 saturated heterocycles. The molecule has 126 valence electrons. The number of imidazole rings is 1. The number of aliphatic hydroxyl groups is 1. The predicted molar refractivity (Wildman–Crippen MR) is 104 cm³/mol. The summed E-state index contributed by atoms with van der Waals surface area (Å²) >= 11 is 3.42. The van der Waals surface area contributed by atoms with Gasteiger partial charge in [0.25, 0.3) is 0 Å². The number of benzene rings is 2. The summed E-state index contributed by atoms with van der Waals surface area (Å²) in [6, 6.07) is 15.6. The van der Waals surface area contributed by atoms with Crippen LogP contribution in [0.25, 0.3) is 16.6 Å². The van der Waals surface area contributed by atoms with Crippen molar-refractivity contribution in [2.45, 2.75) is 13.5 Å². The number of aliphatic hydroxyl groups excluding tert-OH is 1. The van der Waals surface area contributed by atoms with Gasteiger partial charge in [-0.2, -0.15) is 0 Å². The number of anilines is 1. The SMILES string of the molecule is CCn1c(C2=C(O)CN(c3ccc(Br)cc3)C2=N)nc2ccccc21. The zero-order valence-corrected chi connectivity index (χ0v) is 15.3. The first-order valence-electron chi connectivity index (χ1n) is 8.10. The summed E-state index contributed by atoms with van der Waals surface area (Å²) < 4.78 is 3.02. The van der Waals surface area contributed by atoms with Gasteiger partial charge in [-0.15, -0.1) is 0 Å². The Bertz CT molecular complexity index is 1000. The Morgan fingerprint density at radius 1 is 1.16 bits per heavy atom. The molecule has 5 nitrogen and oxygen atoms in total. The number of aryl methyl sites for hydroxylation is 1. The predicted octanol–water partition coefficient (Wildman–Crippen LogP) is 4.59. The van der Waals surface area contributed by atoms with Crippen LogP contribution in [0.3, 0.4) is 0 Å². The molecule has 1 aromatic heterocycles. The zero-order valence-electron chi connectivity index (χ0n) is 13.7. The van der Waals surface area contributed by atoms with Crippen molar-refractivity contribution in [3.8, 4) is 0 Å². The van der Waals surface area contributed by atoms with Crippen molar-refractivity contribution in [3.63, 3.8) is 0 Å². The average Bonchev–Trinajstić information content (AvgIpc) is 3.12. The third-order valence-electron chi connectivity index (χ3n) is 4.44. The van der Waals surface area contributed by atoms with E-state index in [1.807, 2.05) is 60.0 Å². The molecule has 0 radical (unpaired) electrons. The number of halogens is 1. The molecule has 1 aliphatic heterocycles. The van der Waals surface area contributed by atoms with Gasteiger partial charge in [-0.25, -0.2) is 4.98 Å². The highest BCUT2D eigenvalue weighted by molar-refractivity contribution is 9.10. The van der Waals surface area contributed by atoms with Crippen molar-refractivity contribution >= 4 is 44.1 Å². The van der Waals surface area contributed by atoms with Gasteiger partial charge < -0.3 is 14.6 Å². The molecule has 25 heavy (non-hydrogen) atoms. The van der Waals surface area contributed by atoms with Crippen LogP contribution in [0.15, 0.2) is 58.8 Å². The van der Waals surface area contributed by atoms with Crippen LogP contribution < -0.4 is 4.90 Å². The molecule has 2 aromatic carbocycles. The van der Waals surface area contributed by atoms with E-state index in [1.165, 1.54) is 0 Å². The molecule has 0 aliphatic carbocycles. The van der Waals surface area contributed by atoms with Gasteiger partial charge in [0.15, 0.2) is 0 Å². The van der Waals surface area contributed by atoms with Gasteiger partial charge in [0.2, 0.25) is 0 Å². The second kappa shape index (κ2) is 6.04. The quantitative estimate of drug-likeness (QED) is 0.680. The summed E-state index contributed by atoms with van der Waals surface area (Å²) in [5.41, 5.74) is 3.25. The Kier molecular flexibility index (Phi) is 3.84. The Morgan fingerprint density at radius 2 is 1.88 bits per heavy atom. The molecule has 1 aliphatic rings. The lowest BCUT2D eigenvalue weighted by Gasteiger charge is -2.19. The van der Waals surface area contributed by atoms with Gasteiger partial charge in [-0.1, -0.05) is 28.1 Å². The molecule has 0 fully saturated rings. The number of fused-ring (bicyclic) bond motifs is 1. The standard InChI is InChI=1S/C19H17BrN4O/c1-2-23-15-6-4-3-5-14(15)22-19(23)17-16(25)11-24(18(17)21)13-9-7-12(20)8-10-13/h3-10,21,25H,2,11H2,1H3. The second-order valence-electron chi connectivity index (χ2n) is 5.90. The smallest absolute Gasteiger partial charge is 0.148 e. The van der Waals surface area contributed by atoms with E-state index in [4.69, 9.17) is 5.41 Å². The van der Waals surface area contributed by atoms with E-state index in [2.05, 4.69) is 20.9 Å². The number of nitrogens with zero attached hydrogens (tertiary/aromatic N) is 3. The van der Waals surface area contributed by atoms with E-state index in [0.29, 0.717) is 11.4 Å². The van der Waals surface area contributed by atoms with E-state index in [0.717, 1.165) is 27.7 Å². The van der Waals surface area contributed by atoms with Gasteiger partial charge in [-0.05, 0) is 43.3 Å². The van der Waals surface area contributed by atoms with Gasteiger partial charge in [-0.3, -0.25) is 5.41 Å². The van der Waals surface area contributed by atoms with Crippen molar-refractivity contribution in [3.05, 3.63) is 64.6 Å². The third-order valence-corrected chi connectivity index (χ3v) is 4.96. The number of nitrogens with one attached hydrogen (secondary N) is 1. The molecule has 0 amide bonds. The number of rotatable bonds is 3. The molecule has 3 aromatic rings. The lowest BCUT2D eigenvalue weighted by Crippen LogP contribution is -2.26. The summed E-state index contributed by atoms with van der Waals surface area (Å²) in [5.74, 6) is 1.09. The van der Waals surface area contributed by atoms with E-state index in [9.17, 15) is 5.11 Å². The van der Waals surface area contributed by atoms with Crippen molar-refractivity contribution in [2.24, 2.45) is 0 Å². The molecular weight excluding hydrogens is 380 g/mol. The monoisotopic (exact) mass is 396 g/mol. The van der Waals surface area contributed by atoms with Crippen LogP contribution in [0.5, 0.6) is 0 Å². The van der Waals surface area contributed by atoms with Gasteiger partial charge in [0.1, 0.15) is 17.4 Å². The van der Waals surface area contributed by atoms with Gasteiger partial charge in [0.05, 0.1) is 23.2 Å². The fourth-order valence-corrected chi connectivity index (χ4v) is 3.51. The minimum Gasteiger partial charge on any atom is -0.509 e. The normalized spacial score (nSPS) is 14.8. The molecule has 6 heteroatoms. The number of aromatic nitrogens is 2. The van der Waals surface area contributed by atoms with Crippen LogP contribution >= 0.6 is 15.9 Å². The first-order valence-corrected chi connectivity index (χ1v) is 8.89. The van der Waals surface area contributed by atoms with Crippen molar-refractivity contribution in [1.29, 1.82) is 5.41 Å². The third kappa shape index (κ3) is 2.53. The Labute approximate surface area is 153 Å². The van der Waals surface area contributed by atoms with Gasteiger partial charge in [0, 0.05) is 16.7 Å². The van der Waals surface area contributed by atoms with E-state index in [-0.39, 0.29) is 18.1 Å². The summed E-state index contributed by atoms with van der Waals surface area (Å²) in [4.78, 5) is 6.47. The van der Waals surface area contributed by atoms with Crippen molar-refractivity contribution in [2.75, 3.05) is 11.4 Å². The summed E-state index contributed by atoms with van der Waals surface area (Å²) in [6.45, 7) is 3.04. The molecule has 0 saturated carbocycles. The van der Waals surface area contributed by atoms with Crippen LogP contribution in [-0.4, -0.2) is 27.0 Å². The van der Waals surface area contributed by atoms with E-state index < -0.39 is 0 Å². The molecule has 0 spiro atoms. The van der Waals surface area contributed by atoms with Crippen LogP contribution in [0.1, 0.15) is 12.7 Å². The van der Waals surface area contributed by atoms with Crippen LogP contribution in [-0.2, 0) is 6.54 Å². The van der Waals surface area contributed by atoms with Crippen molar-refractivity contribution < 1.29 is 5.11 Å². The summed E-state index contributed by atoms with van der Waals surface area (Å²) in [7, 11) is 0. The maximum absolute atomic E-state index is 10.6. The van der Waals surface area contributed by atoms with E-state index in [1.54, 1.807) is 4.90 Å². The Hall–Kier alpha value is -2.60. The molecule has 2 heterocycles. The summed E-state index contributed by atoms with van der Waals surface area (Å²) in [5, 5.41) is 19.2. The number of hydrogen-bond acceptors (Lipinski definition) is 3. The van der Waals surface area contributed by atoms with Crippen LogP contribution in [0, 0.1) is 5.41 Å². The molecule has 2 N–H and O–H groups in total. The minimum atomic E-state index is 0.179. The highest BCUT2D eigenvalue weighted by Crippen LogP contribution is 2.32. The number of para-hydroxylation sites is 2. The molecule has 0 unspecified atom stereocenters. The largest absolute Gasteiger partial charge is 0.509 e. The highest BCUT2D eigenvalue weighted by Gasteiger charge is 2.32. The van der Waals surface area contributed by atoms with Gasteiger partial charge >= 0.3 is 0 Å². The second-order valence-corrected chi connectivity index (χ2v) is 6.82. The topological polar surface area (TPSA) is 65.1 Å². The first-order chi connectivity index (χ1) is 12.1. The minimum absolute atomic E-state index is 0.179. The molecule has 0 atom stereocenters. The molecular formula is C19H17BrN4O. The van der Waals surface area contributed by atoms with Crippen LogP contribution in [0.2, 0.25) is 0 Å². The fraction of sp³-hybridized carbons (Fsp3) is 0.158.